The van der Waals surface area contributed by atoms with Crippen LogP contribution in [0.3, 0.4) is 0 Å². The number of aliphatic hydroxyl groups is 1. The number of nitrogens with zero attached hydrogens (tertiary/aromatic N) is 2. The predicted molar refractivity (Wildman–Crippen MR) is 102 cm³/mol. The summed E-state index contributed by atoms with van der Waals surface area (Å²) in [5.41, 5.74) is 3.15. The van der Waals surface area contributed by atoms with Gasteiger partial charge >= 0.3 is 0 Å². The van der Waals surface area contributed by atoms with Gasteiger partial charge in [-0.2, -0.15) is 0 Å². The zero-order chi connectivity index (χ0) is 17.4. The van der Waals surface area contributed by atoms with Crippen LogP contribution in [0.1, 0.15) is 43.5 Å². The third-order valence-corrected chi connectivity index (χ3v) is 6.14. The van der Waals surface area contributed by atoms with Crippen molar-refractivity contribution in [2.24, 2.45) is 11.8 Å². The second-order valence-electron chi connectivity index (χ2n) is 7.66. The number of piperidine rings is 3. The molecule has 3 aliphatic rings. The lowest BCUT2D eigenvalue weighted by atomic mass is 9.73. The summed E-state index contributed by atoms with van der Waals surface area (Å²) in [5, 5.41) is 12.4. The summed E-state index contributed by atoms with van der Waals surface area (Å²) < 4.78 is 0. The number of hydrogen-bond acceptors (Lipinski definition) is 3. The monoisotopic (exact) mass is 336 g/mol. The second-order valence-corrected chi connectivity index (χ2v) is 7.66. The molecular formula is C22H28N2O. The van der Waals surface area contributed by atoms with Gasteiger partial charge in [-0.1, -0.05) is 37.6 Å². The van der Waals surface area contributed by atoms with Crippen molar-refractivity contribution in [2.75, 3.05) is 13.1 Å². The summed E-state index contributed by atoms with van der Waals surface area (Å²) in [6, 6.07) is 10.6. The Morgan fingerprint density at radius 2 is 2.24 bits per heavy atom. The molecule has 0 saturated carbocycles. The van der Waals surface area contributed by atoms with E-state index in [2.05, 4.69) is 42.7 Å². The van der Waals surface area contributed by atoms with Crippen LogP contribution in [0.2, 0.25) is 0 Å². The molecule has 5 rings (SSSR count). The normalized spacial score (nSPS) is 29.7. The molecule has 5 atom stereocenters. The van der Waals surface area contributed by atoms with Crippen LogP contribution in [0.5, 0.6) is 0 Å². The molecule has 0 spiro atoms. The van der Waals surface area contributed by atoms with Crippen LogP contribution in [0.25, 0.3) is 10.9 Å². The van der Waals surface area contributed by atoms with Crippen molar-refractivity contribution in [1.29, 1.82) is 0 Å². The maximum Gasteiger partial charge on any atom is 0.0952 e. The van der Waals surface area contributed by atoms with Crippen LogP contribution >= 0.6 is 0 Å². The van der Waals surface area contributed by atoms with Crippen molar-refractivity contribution in [3.63, 3.8) is 0 Å². The van der Waals surface area contributed by atoms with Gasteiger partial charge in [-0.05, 0) is 55.3 Å². The molecule has 2 bridgehead atoms. The third-order valence-electron chi connectivity index (χ3n) is 6.14. The Bertz CT molecular complexity index is 772. The van der Waals surface area contributed by atoms with Crippen LogP contribution in [-0.4, -0.2) is 34.1 Å². The summed E-state index contributed by atoms with van der Waals surface area (Å²) in [6.07, 6.45) is 5.99. The van der Waals surface area contributed by atoms with E-state index in [4.69, 9.17) is 4.98 Å². The second kappa shape index (κ2) is 6.89. The predicted octanol–water partition coefficient (Wildman–Crippen LogP) is 4.12. The van der Waals surface area contributed by atoms with Gasteiger partial charge in [0.25, 0.3) is 0 Å². The van der Waals surface area contributed by atoms with Crippen molar-refractivity contribution >= 4 is 10.9 Å². The fourth-order valence-corrected chi connectivity index (χ4v) is 4.80. The minimum absolute atomic E-state index is 0.218. The van der Waals surface area contributed by atoms with Gasteiger partial charge in [0.1, 0.15) is 0 Å². The Morgan fingerprint density at radius 3 is 2.96 bits per heavy atom. The lowest BCUT2D eigenvalue weighted by Crippen LogP contribution is -2.54. The van der Waals surface area contributed by atoms with Crippen molar-refractivity contribution in [3.8, 4) is 0 Å². The molecule has 132 valence electrons. The summed E-state index contributed by atoms with van der Waals surface area (Å²) in [4.78, 5) is 7.27. The van der Waals surface area contributed by atoms with Crippen LogP contribution in [-0.2, 0) is 6.42 Å². The van der Waals surface area contributed by atoms with Crippen molar-refractivity contribution in [1.82, 2.24) is 9.88 Å². The van der Waals surface area contributed by atoms with E-state index < -0.39 is 6.10 Å². The molecule has 25 heavy (non-hydrogen) atoms. The van der Waals surface area contributed by atoms with E-state index in [9.17, 15) is 5.11 Å². The van der Waals surface area contributed by atoms with Crippen molar-refractivity contribution in [3.05, 3.63) is 54.2 Å². The summed E-state index contributed by atoms with van der Waals surface area (Å²) in [6.45, 7) is 8.32. The molecule has 3 saturated heterocycles. The highest BCUT2D eigenvalue weighted by Crippen LogP contribution is 2.42. The maximum absolute atomic E-state index is 11.3. The topological polar surface area (TPSA) is 36.4 Å². The Hall–Kier alpha value is -1.71. The minimum Gasteiger partial charge on any atom is -0.387 e. The fraction of sp³-hybridized carbons (Fsp3) is 0.500. The van der Waals surface area contributed by atoms with E-state index in [1.54, 1.807) is 0 Å². The number of pyridine rings is 1. The van der Waals surface area contributed by atoms with E-state index in [-0.39, 0.29) is 6.04 Å². The number of aliphatic hydroxyl groups excluding tert-OH is 1. The molecule has 0 aliphatic carbocycles. The highest BCUT2D eigenvalue weighted by Gasteiger charge is 2.42. The highest BCUT2D eigenvalue weighted by atomic mass is 16.3. The Kier molecular flexibility index (Phi) is 4.61. The number of rotatable bonds is 5. The summed E-state index contributed by atoms with van der Waals surface area (Å²) >= 11 is 0. The molecule has 3 heteroatoms. The van der Waals surface area contributed by atoms with Gasteiger partial charge in [0, 0.05) is 23.7 Å². The van der Waals surface area contributed by atoms with E-state index in [0.29, 0.717) is 11.8 Å². The van der Waals surface area contributed by atoms with E-state index >= 15 is 0 Å². The van der Waals surface area contributed by atoms with Gasteiger partial charge < -0.3 is 5.11 Å². The molecule has 3 aliphatic heterocycles. The number of para-hydroxylation sites is 1. The van der Waals surface area contributed by atoms with E-state index in [1.807, 2.05) is 12.1 Å². The Balaban J connectivity index is 1.70. The molecule has 4 heterocycles. The number of aryl methyl sites for hydroxylation is 1. The molecule has 0 radical (unpaired) electrons. The fourth-order valence-electron chi connectivity index (χ4n) is 4.80. The van der Waals surface area contributed by atoms with Gasteiger partial charge in [-0.25, -0.2) is 0 Å². The van der Waals surface area contributed by atoms with Gasteiger partial charge in [-0.3, -0.25) is 9.88 Å². The summed E-state index contributed by atoms with van der Waals surface area (Å²) in [5.74, 6) is 1.26. The smallest absolute Gasteiger partial charge is 0.0952 e. The van der Waals surface area contributed by atoms with Gasteiger partial charge in [-0.15, -0.1) is 6.58 Å². The van der Waals surface area contributed by atoms with E-state index in [1.165, 1.54) is 6.42 Å². The highest BCUT2D eigenvalue weighted by molar-refractivity contribution is 5.82. The molecule has 0 amide bonds. The lowest BCUT2D eigenvalue weighted by molar-refractivity contribution is -0.0445. The first kappa shape index (κ1) is 16.7. The largest absolute Gasteiger partial charge is 0.387 e. The minimum atomic E-state index is -0.447. The molecule has 2 aromatic rings. The number of hydrogen-bond donors (Lipinski definition) is 1. The average Bonchev–Trinajstić information content (AvgIpc) is 2.67. The van der Waals surface area contributed by atoms with Gasteiger partial charge in [0.2, 0.25) is 0 Å². The lowest BCUT2D eigenvalue weighted by Gasteiger charge is -2.50. The molecule has 3 nitrogen and oxygen atoms in total. The van der Waals surface area contributed by atoms with Crippen LogP contribution < -0.4 is 0 Å². The number of benzene rings is 1. The molecule has 3 fully saturated rings. The van der Waals surface area contributed by atoms with Crippen molar-refractivity contribution < 1.29 is 5.11 Å². The SMILES string of the molecule is C=CC1CN2CCC1CC2C(O)c1cc(CCC)nc2ccccc12. The molecule has 1 aromatic carbocycles. The molecule has 5 unspecified atom stereocenters. The number of aromatic nitrogens is 1. The first-order chi connectivity index (χ1) is 12.2. The standard InChI is InChI=1S/C22H28N2O/c1-3-7-17-13-19(18-8-5-6-9-20(18)23-17)22(25)21-12-16-10-11-24(21)14-15(16)4-2/h4-6,8-9,13,15-16,21-22,25H,2-3,7,10-12,14H2,1H3. The summed E-state index contributed by atoms with van der Waals surface area (Å²) in [7, 11) is 0. The van der Waals surface area contributed by atoms with Crippen molar-refractivity contribution in [2.45, 2.75) is 44.8 Å². The maximum atomic E-state index is 11.3. The van der Waals surface area contributed by atoms with Crippen LogP contribution in [0, 0.1) is 11.8 Å². The van der Waals surface area contributed by atoms with Crippen LogP contribution in [0.4, 0.5) is 0 Å². The number of fused-ring (bicyclic) bond motifs is 4. The first-order valence-corrected chi connectivity index (χ1v) is 9.64. The zero-order valence-corrected chi connectivity index (χ0v) is 15.1. The Morgan fingerprint density at radius 1 is 1.40 bits per heavy atom. The van der Waals surface area contributed by atoms with Gasteiger partial charge in [0.15, 0.2) is 0 Å². The molecular weight excluding hydrogens is 308 g/mol. The van der Waals surface area contributed by atoms with Gasteiger partial charge in [0.05, 0.1) is 11.6 Å². The van der Waals surface area contributed by atoms with E-state index in [0.717, 1.165) is 54.5 Å². The van der Waals surface area contributed by atoms with Crippen LogP contribution in [0.15, 0.2) is 43.0 Å². The molecule has 1 aromatic heterocycles. The molecule has 1 N–H and O–H groups in total. The average molecular weight is 336 g/mol. The first-order valence-electron chi connectivity index (χ1n) is 9.64. The quantitative estimate of drug-likeness (QED) is 0.835. The Labute approximate surface area is 150 Å². The third kappa shape index (κ3) is 3.00. The zero-order valence-electron chi connectivity index (χ0n) is 15.1.